The van der Waals surface area contributed by atoms with Crippen LogP contribution in [0.1, 0.15) is 25.8 Å². The molecule has 0 spiro atoms. The van der Waals surface area contributed by atoms with E-state index in [1.165, 1.54) is 0 Å². The Morgan fingerprint density at radius 3 is 2.52 bits per heavy atom. The van der Waals surface area contributed by atoms with Crippen LogP contribution in [0.4, 0.5) is 0 Å². The van der Waals surface area contributed by atoms with Gasteiger partial charge in [-0.05, 0) is 18.4 Å². The number of likely N-dealkylation sites (tertiary alicyclic amines) is 1. The largest absolute Gasteiger partial charge is 0.379 e. The van der Waals surface area contributed by atoms with Crippen molar-refractivity contribution < 1.29 is 14.3 Å². The number of methoxy groups -OCH3 is 1. The molecule has 25 heavy (non-hydrogen) atoms. The standard InChI is InChI=1S/C20H30N2O3/c1-4-16-14-22(15-18(16)21-10-12-25-13-11-21)19(23)20(2,24-3)17-8-6-5-7-9-17/h5-9,16,18H,4,10-15H2,1-3H3. The molecule has 0 N–H and O–H groups in total. The van der Waals surface area contributed by atoms with E-state index in [2.05, 4.69) is 11.8 Å². The molecule has 0 radical (unpaired) electrons. The van der Waals surface area contributed by atoms with Gasteiger partial charge < -0.3 is 14.4 Å². The van der Waals surface area contributed by atoms with E-state index in [0.29, 0.717) is 12.0 Å². The Labute approximate surface area is 150 Å². The molecule has 0 aliphatic carbocycles. The van der Waals surface area contributed by atoms with E-state index in [1.807, 2.05) is 42.2 Å². The van der Waals surface area contributed by atoms with Crippen molar-refractivity contribution in [3.63, 3.8) is 0 Å². The molecule has 2 aliphatic heterocycles. The molecular formula is C20H30N2O3. The summed E-state index contributed by atoms with van der Waals surface area (Å²) in [4.78, 5) is 17.8. The van der Waals surface area contributed by atoms with Crippen molar-refractivity contribution >= 4 is 5.91 Å². The van der Waals surface area contributed by atoms with E-state index in [9.17, 15) is 4.79 Å². The summed E-state index contributed by atoms with van der Waals surface area (Å²) < 4.78 is 11.2. The third-order valence-corrected chi connectivity index (χ3v) is 5.87. The maximum atomic E-state index is 13.3. The monoisotopic (exact) mass is 346 g/mol. The number of morpholine rings is 1. The highest BCUT2D eigenvalue weighted by Gasteiger charge is 2.44. The van der Waals surface area contributed by atoms with Gasteiger partial charge in [0.05, 0.1) is 13.2 Å². The molecule has 0 aromatic heterocycles. The fourth-order valence-corrected chi connectivity index (χ4v) is 4.13. The molecule has 1 aromatic carbocycles. The van der Waals surface area contributed by atoms with Crippen molar-refractivity contribution in [2.45, 2.75) is 31.9 Å². The van der Waals surface area contributed by atoms with Gasteiger partial charge in [0.25, 0.3) is 5.91 Å². The van der Waals surface area contributed by atoms with Crippen LogP contribution in [0.5, 0.6) is 0 Å². The lowest BCUT2D eigenvalue weighted by Crippen LogP contribution is -2.49. The van der Waals surface area contributed by atoms with Gasteiger partial charge in [-0.1, -0.05) is 43.7 Å². The molecule has 3 rings (SSSR count). The van der Waals surface area contributed by atoms with Crippen molar-refractivity contribution in [1.82, 2.24) is 9.80 Å². The maximum absolute atomic E-state index is 13.3. The Morgan fingerprint density at radius 1 is 1.24 bits per heavy atom. The zero-order valence-electron chi connectivity index (χ0n) is 15.6. The molecule has 5 nitrogen and oxygen atoms in total. The molecule has 2 aliphatic rings. The normalized spacial score (nSPS) is 27.2. The van der Waals surface area contributed by atoms with Crippen LogP contribution in [0.15, 0.2) is 30.3 Å². The first-order valence-corrected chi connectivity index (χ1v) is 9.32. The fourth-order valence-electron chi connectivity index (χ4n) is 4.13. The van der Waals surface area contributed by atoms with Gasteiger partial charge in [-0.15, -0.1) is 0 Å². The number of nitrogens with zero attached hydrogens (tertiary/aromatic N) is 2. The minimum absolute atomic E-state index is 0.0652. The highest BCUT2D eigenvalue weighted by atomic mass is 16.5. The van der Waals surface area contributed by atoms with Crippen molar-refractivity contribution in [3.8, 4) is 0 Å². The van der Waals surface area contributed by atoms with E-state index in [0.717, 1.165) is 51.4 Å². The predicted octanol–water partition coefficient (Wildman–Crippen LogP) is 2.12. The average Bonchev–Trinajstić information content (AvgIpc) is 3.12. The number of rotatable bonds is 5. The molecule has 2 saturated heterocycles. The molecule has 3 unspecified atom stereocenters. The van der Waals surface area contributed by atoms with Crippen molar-refractivity contribution in [3.05, 3.63) is 35.9 Å². The smallest absolute Gasteiger partial charge is 0.259 e. The molecule has 138 valence electrons. The van der Waals surface area contributed by atoms with E-state index in [4.69, 9.17) is 9.47 Å². The number of hydrogen-bond acceptors (Lipinski definition) is 4. The lowest BCUT2D eigenvalue weighted by Gasteiger charge is -2.35. The highest BCUT2D eigenvalue weighted by Crippen LogP contribution is 2.32. The van der Waals surface area contributed by atoms with Gasteiger partial charge in [-0.2, -0.15) is 0 Å². The van der Waals surface area contributed by atoms with Gasteiger partial charge in [0.15, 0.2) is 5.60 Å². The summed E-state index contributed by atoms with van der Waals surface area (Å²) in [5.74, 6) is 0.578. The number of carbonyl (C=O) groups is 1. The number of ether oxygens (including phenoxy) is 2. The zero-order valence-corrected chi connectivity index (χ0v) is 15.6. The van der Waals surface area contributed by atoms with Gasteiger partial charge in [0.1, 0.15) is 0 Å². The van der Waals surface area contributed by atoms with Gasteiger partial charge in [0.2, 0.25) is 0 Å². The number of hydrogen-bond donors (Lipinski definition) is 0. The Bertz CT molecular complexity index is 574. The van der Waals surface area contributed by atoms with Crippen LogP contribution in [0.3, 0.4) is 0 Å². The van der Waals surface area contributed by atoms with Crippen molar-refractivity contribution in [2.75, 3.05) is 46.5 Å². The zero-order chi connectivity index (χ0) is 17.9. The number of amides is 1. The van der Waals surface area contributed by atoms with Crippen molar-refractivity contribution in [2.24, 2.45) is 5.92 Å². The van der Waals surface area contributed by atoms with E-state index >= 15 is 0 Å². The first kappa shape index (κ1) is 18.4. The summed E-state index contributed by atoms with van der Waals surface area (Å²) in [5.41, 5.74) is -0.0233. The van der Waals surface area contributed by atoms with E-state index in [-0.39, 0.29) is 5.91 Å². The predicted molar refractivity (Wildman–Crippen MR) is 97.3 cm³/mol. The molecule has 1 amide bonds. The SMILES string of the molecule is CCC1CN(C(=O)C(C)(OC)c2ccccc2)CC1N1CCOCC1. The molecular weight excluding hydrogens is 316 g/mol. The minimum atomic E-state index is -0.931. The lowest BCUT2D eigenvalue weighted by atomic mass is 9.94. The summed E-state index contributed by atoms with van der Waals surface area (Å²) in [5, 5.41) is 0. The summed E-state index contributed by atoms with van der Waals surface area (Å²) in [6, 6.07) is 10.2. The molecule has 2 heterocycles. The van der Waals surface area contributed by atoms with Crippen LogP contribution >= 0.6 is 0 Å². The average molecular weight is 346 g/mol. The van der Waals surface area contributed by atoms with Crippen LogP contribution in [0, 0.1) is 5.92 Å². The van der Waals surface area contributed by atoms with Gasteiger partial charge >= 0.3 is 0 Å². The molecule has 1 aromatic rings. The summed E-state index contributed by atoms with van der Waals surface area (Å²) in [6.07, 6.45) is 1.08. The lowest BCUT2D eigenvalue weighted by molar-refractivity contribution is -0.153. The molecule has 3 atom stereocenters. The summed E-state index contributed by atoms with van der Waals surface area (Å²) >= 11 is 0. The fraction of sp³-hybridized carbons (Fsp3) is 0.650. The molecule has 5 heteroatoms. The minimum Gasteiger partial charge on any atom is -0.379 e. The second-order valence-corrected chi connectivity index (χ2v) is 7.20. The van der Waals surface area contributed by atoms with Crippen LogP contribution < -0.4 is 0 Å². The Hall–Kier alpha value is -1.43. The summed E-state index contributed by atoms with van der Waals surface area (Å²) in [6.45, 7) is 9.20. The second kappa shape index (κ2) is 7.85. The van der Waals surface area contributed by atoms with E-state index in [1.54, 1.807) is 7.11 Å². The van der Waals surface area contributed by atoms with Crippen molar-refractivity contribution in [1.29, 1.82) is 0 Å². The van der Waals surface area contributed by atoms with Crippen LogP contribution in [0.2, 0.25) is 0 Å². The number of carbonyl (C=O) groups excluding carboxylic acids is 1. The molecule has 0 saturated carbocycles. The maximum Gasteiger partial charge on any atom is 0.259 e. The van der Waals surface area contributed by atoms with Gasteiger partial charge in [-0.3, -0.25) is 9.69 Å². The quantitative estimate of drug-likeness (QED) is 0.819. The molecule has 2 fully saturated rings. The summed E-state index contributed by atoms with van der Waals surface area (Å²) in [7, 11) is 1.62. The Kier molecular flexibility index (Phi) is 5.77. The first-order chi connectivity index (χ1) is 12.1. The van der Waals surface area contributed by atoms with Crippen LogP contribution in [-0.4, -0.2) is 68.3 Å². The molecule has 0 bridgehead atoms. The van der Waals surface area contributed by atoms with Crippen LogP contribution in [0.25, 0.3) is 0 Å². The third kappa shape index (κ3) is 3.59. The van der Waals surface area contributed by atoms with Crippen LogP contribution in [-0.2, 0) is 19.9 Å². The Balaban J connectivity index is 1.77. The topological polar surface area (TPSA) is 42.0 Å². The van der Waals surface area contributed by atoms with E-state index < -0.39 is 5.60 Å². The highest BCUT2D eigenvalue weighted by molar-refractivity contribution is 5.86. The third-order valence-electron chi connectivity index (χ3n) is 5.87. The first-order valence-electron chi connectivity index (χ1n) is 9.32. The Morgan fingerprint density at radius 2 is 1.92 bits per heavy atom. The van der Waals surface area contributed by atoms with Gasteiger partial charge in [-0.25, -0.2) is 0 Å². The second-order valence-electron chi connectivity index (χ2n) is 7.20. The van der Waals surface area contributed by atoms with Gasteiger partial charge in [0, 0.05) is 39.3 Å². The number of benzene rings is 1.